The first-order chi connectivity index (χ1) is 10.2. The van der Waals surface area contributed by atoms with Crippen LogP contribution in [0, 0.1) is 6.92 Å². The summed E-state index contributed by atoms with van der Waals surface area (Å²) in [5, 5.41) is 17.8. The van der Waals surface area contributed by atoms with Crippen LogP contribution in [0.5, 0.6) is 0 Å². The van der Waals surface area contributed by atoms with E-state index in [9.17, 15) is 5.11 Å². The molecule has 5 nitrogen and oxygen atoms in total. The van der Waals surface area contributed by atoms with Gasteiger partial charge in [0.05, 0.1) is 5.75 Å². The Balaban J connectivity index is 1.67. The highest BCUT2D eigenvalue weighted by Crippen LogP contribution is 2.30. The Bertz CT molecular complexity index is 608. The Morgan fingerprint density at radius 2 is 2.10 bits per heavy atom. The van der Waals surface area contributed by atoms with Gasteiger partial charge in [0.25, 0.3) is 5.89 Å². The van der Waals surface area contributed by atoms with E-state index in [4.69, 9.17) is 4.52 Å². The first kappa shape index (κ1) is 14.6. The van der Waals surface area contributed by atoms with Gasteiger partial charge in [0, 0.05) is 4.90 Å². The van der Waals surface area contributed by atoms with Crippen LogP contribution in [0.3, 0.4) is 0 Å². The van der Waals surface area contributed by atoms with E-state index in [-0.39, 0.29) is 0 Å². The van der Waals surface area contributed by atoms with Crippen LogP contribution in [-0.2, 0) is 11.4 Å². The molecule has 2 N–H and O–H groups in total. The van der Waals surface area contributed by atoms with Crippen molar-refractivity contribution in [1.29, 1.82) is 0 Å². The van der Waals surface area contributed by atoms with Crippen molar-refractivity contribution < 1.29 is 9.63 Å². The highest BCUT2D eigenvalue weighted by molar-refractivity contribution is 7.98. The number of aryl methyl sites for hydroxylation is 1. The SMILES string of the molecule is Cc1ccccc1SCc1noc(C2(O)CCNCC2)n1. The van der Waals surface area contributed by atoms with E-state index in [1.54, 1.807) is 11.8 Å². The van der Waals surface area contributed by atoms with Crippen LogP contribution in [0.2, 0.25) is 0 Å². The zero-order valence-corrected chi connectivity index (χ0v) is 12.8. The molecule has 1 saturated heterocycles. The Hall–Kier alpha value is -1.37. The van der Waals surface area contributed by atoms with Gasteiger partial charge in [0.15, 0.2) is 5.82 Å². The smallest absolute Gasteiger partial charge is 0.258 e. The van der Waals surface area contributed by atoms with Crippen LogP contribution in [0.15, 0.2) is 33.7 Å². The number of nitrogens with one attached hydrogen (secondary N) is 1. The van der Waals surface area contributed by atoms with Gasteiger partial charge in [0.1, 0.15) is 5.60 Å². The molecule has 0 spiro atoms. The van der Waals surface area contributed by atoms with E-state index in [0.29, 0.717) is 30.3 Å². The molecule has 2 heterocycles. The van der Waals surface area contributed by atoms with Crippen LogP contribution in [0.4, 0.5) is 0 Å². The summed E-state index contributed by atoms with van der Waals surface area (Å²) in [5.74, 6) is 1.62. The summed E-state index contributed by atoms with van der Waals surface area (Å²) in [7, 11) is 0. The van der Waals surface area contributed by atoms with Crippen molar-refractivity contribution >= 4 is 11.8 Å². The molecule has 0 bridgehead atoms. The third-order valence-electron chi connectivity index (χ3n) is 3.75. The number of piperidine rings is 1. The Labute approximate surface area is 128 Å². The van der Waals surface area contributed by atoms with Gasteiger partial charge in [-0.15, -0.1) is 11.8 Å². The van der Waals surface area contributed by atoms with Crippen molar-refractivity contribution in [3.8, 4) is 0 Å². The topological polar surface area (TPSA) is 71.2 Å². The zero-order valence-electron chi connectivity index (χ0n) is 12.0. The predicted molar refractivity (Wildman–Crippen MR) is 81.0 cm³/mol. The minimum atomic E-state index is -0.968. The summed E-state index contributed by atoms with van der Waals surface area (Å²) in [6, 6.07) is 8.22. The molecule has 0 atom stereocenters. The largest absolute Gasteiger partial charge is 0.380 e. The summed E-state index contributed by atoms with van der Waals surface area (Å²) < 4.78 is 5.27. The molecular weight excluding hydrogens is 286 g/mol. The molecule has 0 amide bonds. The molecule has 112 valence electrons. The summed E-state index contributed by atoms with van der Waals surface area (Å²) >= 11 is 1.68. The van der Waals surface area contributed by atoms with Crippen molar-refractivity contribution in [3.05, 3.63) is 41.5 Å². The fraction of sp³-hybridized carbons (Fsp3) is 0.467. The average Bonchev–Trinajstić information content (AvgIpc) is 2.97. The second-order valence-corrected chi connectivity index (χ2v) is 6.37. The normalized spacial score (nSPS) is 17.8. The van der Waals surface area contributed by atoms with Crippen molar-refractivity contribution in [1.82, 2.24) is 15.5 Å². The number of benzene rings is 1. The maximum atomic E-state index is 10.5. The molecule has 1 aromatic heterocycles. The van der Waals surface area contributed by atoms with E-state index >= 15 is 0 Å². The van der Waals surface area contributed by atoms with Crippen LogP contribution >= 0.6 is 11.8 Å². The molecular formula is C15H19N3O2S. The molecule has 0 unspecified atom stereocenters. The standard InChI is InChI=1S/C15H19N3O2S/c1-11-4-2-3-5-12(11)21-10-13-17-14(20-18-13)15(19)6-8-16-9-7-15/h2-5,16,19H,6-10H2,1H3. The average molecular weight is 305 g/mol. The highest BCUT2D eigenvalue weighted by atomic mass is 32.2. The van der Waals surface area contributed by atoms with Crippen LogP contribution in [0.1, 0.15) is 30.1 Å². The molecule has 1 aliphatic rings. The van der Waals surface area contributed by atoms with Crippen molar-refractivity contribution in [2.24, 2.45) is 0 Å². The minimum Gasteiger partial charge on any atom is -0.380 e. The van der Waals surface area contributed by atoms with E-state index in [0.717, 1.165) is 13.1 Å². The molecule has 0 aliphatic carbocycles. The quantitative estimate of drug-likeness (QED) is 0.844. The maximum Gasteiger partial charge on any atom is 0.258 e. The van der Waals surface area contributed by atoms with Gasteiger partial charge in [0.2, 0.25) is 0 Å². The number of hydrogen-bond acceptors (Lipinski definition) is 6. The van der Waals surface area contributed by atoms with E-state index in [1.165, 1.54) is 10.5 Å². The number of aromatic nitrogens is 2. The van der Waals surface area contributed by atoms with Crippen LogP contribution in [-0.4, -0.2) is 28.3 Å². The van der Waals surface area contributed by atoms with E-state index in [2.05, 4.69) is 34.5 Å². The van der Waals surface area contributed by atoms with Crippen molar-refractivity contribution in [3.63, 3.8) is 0 Å². The number of thioether (sulfide) groups is 1. The van der Waals surface area contributed by atoms with E-state index in [1.807, 2.05) is 12.1 Å². The lowest BCUT2D eigenvalue weighted by atomic mass is 9.92. The Morgan fingerprint density at radius 1 is 1.33 bits per heavy atom. The second kappa shape index (κ2) is 6.17. The Kier molecular flexibility index (Phi) is 4.28. The molecule has 3 rings (SSSR count). The molecule has 1 fully saturated rings. The van der Waals surface area contributed by atoms with Gasteiger partial charge in [-0.2, -0.15) is 4.98 Å². The fourth-order valence-electron chi connectivity index (χ4n) is 2.42. The lowest BCUT2D eigenvalue weighted by Gasteiger charge is -2.28. The summed E-state index contributed by atoms with van der Waals surface area (Å²) in [4.78, 5) is 5.59. The molecule has 6 heteroatoms. The van der Waals surface area contributed by atoms with Crippen LogP contribution < -0.4 is 5.32 Å². The summed E-state index contributed by atoms with van der Waals surface area (Å²) in [5.41, 5.74) is 0.271. The predicted octanol–water partition coefficient (Wildman–Crippen LogP) is 2.24. The van der Waals surface area contributed by atoms with Gasteiger partial charge >= 0.3 is 0 Å². The lowest BCUT2D eigenvalue weighted by Crippen LogP contribution is -2.39. The molecule has 21 heavy (non-hydrogen) atoms. The first-order valence-electron chi connectivity index (χ1n) is 7.12. The molecule has 1 aromatic carbocycles. The number of rotatable bonds is 4. The van der Waals surface area contributed by atoms with E-state index < -0.39 is 5.60 Å². The molecule has 0 radical (unpaired) electrons. The molecule has 0 saturated carbocycles. The number of hydrogen-bond donors (Lipinski definition) is 2. The third kappa shape index (κ3) is 3.28. The van der Waals surface area contributed by atoms with Gasteiger partial charge in [-0.3, -0.25) is 0 Å². The minimum absolute atomic E-state index is 0.351. The summed E-state index contributed by atoms with van der Waals surface area (Å²) in [6.45, 7) is 3.63. The number of aliphatic hydroxyl groups is 1. The monoisotopic (exact) mass is 305 g/mol. The van der Waals surface area contributed by atoms with Gasteiger partial charge in [-0.25, -0.2) is 0 Å². The number of nitrogens with zero attached hydrogens (tertiary/aromatic N) is 2. The Morgan fingerprint density at radius 3 is 2.86 bits per heavy atom. The fourth-order valence-corrected chi connectivity index (χ4v) is 3.29. The lowest BCUT2D eigenvalue weighted by molar-refractivity contribution is -0.0228. The second-order valence-electron chi connectivity index (χ2n) is 5.35. The van der Waals surface area contributed by atoms with Crippen molar-refractivity contribution in [2.75, 3.05) is 13.1 Å². The third-order valence-corrected chi connectivity index (χ3v) is 4.92. The van der Waals surface area contributed by atoms with Crippen LogP contribution in [0.25, 0.3) is 0 Å². The maximum absolute atomic E-state index is 10.5. The highest BCUT2D eigenvalue weighted by Gasteiger charge is 2.36. The molecule has 2 aromatic rings. The first-order valence-corrected chi connectivity index (χ1v) is 8.10. The molecule has 1 aliphatic heterocycles. The summed E-state index contributed by atoms with van der Waals surface area (Å²) in [6.07, 6.45) is 1.22. The van der Waals surface area contributed by atoms with Gasteiger partial charge in [-0.1, -0.05) is 23.4 Å². The van der Waals surface area contributed by atoms with Gasteiger partial charge in [-0.05, 0) is 44.5 Å². The van der Waals surface area contributed by atoms with Crippen molar-refractivity contribution in [2.45, 2.75) is 36.0 Å². The van der Waals surface area contributed by atoms with Gasteiger partial charge < -0.3 is 14.9 Å². The zero-order chi connectivity index (χ0) is 14.7.